The quantitative estimate of drug-likeness (QED) is 0.797. The number of dihydropyridines is 1. The second-order valence-electron chi connectivity index (χ2n) is 5.30. The molecule has 4 heteroatoms. The summed E-state index contributed by atoms with van der Waals surface area (Å²) in [6.07, 6.45) is 8.94. The Labute approximate surface area is 121 Å². The summed E-state index contributed by atoms with van der Waals surface area (Å²) in [5, 5.41) is 7.07. The molecule has 3 atom stereocenters. The van der Waals surface area contributed by atoms with Gasteiger partial charge in [-0.2, -0.15) is 0 Å². The Morgan fingerprint density at radius 3 is 2.80 bits per heavy atom. The van der Waals surface area contributed by atoms with Gasteiger partial charge in [0.2, 0.25) is 0 Å². The van der Waals surface area contributed by atoms with E-state index in [9.17, 15) is 0 Å². The van der Waals surface area contributed by atoms with E-state index < -0.39 is 0 Å². The number of hydrogen-bond donors (Lipinski definition) is 2. The number of nitrogens with one attached hydrogen (secondary N) is 2. The van der Waals surface area contributed by atoms with Crippen LogP contribution in [-0.4, -0.2) is 35.9 Å². The van der Waals surface area contributed by atoms with Crippen molar-refractivity contribution in [2.45, 2.75) is 44.9 Å². The predicted octanol–water partition coefficient (Wildman–Crippen LogP) is 1.94. The fourth-order valence-electron chi connectivity index (χ4n) is 2.11. The maximum atomic E-state index is 4.45. The molecule has 1 aliphatic rings. The summed E-state index contributed by atoms with van der Waals surface area (Å²) in [5.74, 6) is 0. The largest absolute Gasteiger partial charge is 0.311 e. The predicted molar refractivity (Wildman–Crippen MR) is 84.0 cm³/mol. The van der Waals surface area contributed by atoms with Crippen LogP contribution >= 0.6 is 0 Å². The Bertz CT molecular complexity index is 441. The number of nitrogens with zero attached hydrogens (tertiary/aromatic N) is 2. The van der Waals surface area contributed by atoms with Crippen LogP contribution in [0.4, 0.5) is 0 Å². The summed E-state index contributed by atoms with van der Waals surface area (Å²) in [5.41, 5.74) is 1.08. The van der Waals surface area contributed by atoms with Crippen molar-refractivity contribution in [3.63, 3.8) is 0 Å². The van der Waals surface area contributed by atoms with Crippen LogP contribution in [0.3, 0.4) is 0 Å². The van der Waals surface area contributed by atoms with Crippen LogP contribution in [0.1, 0.15) is 26.0 Å². The molecule has 1 aliphatic heterocycles. The number of pyridine rings is 1. The van der Waals surface area contributed by atoms with Crippen LogP contribution in [0.2, 0.25) is 0 Å². The number of aliphatic imine (C=N–C) groups is 1. The van der Waals surface area contributed by atoms with Gasteiger partial charge in [0, 0.05) is 37.6 Å². The van der Waals surface area contributed by atoms with Crippen molar-refractivity contribution >= 4 is 6.21 Å². The molecule has 0 aromatic carbocycles. The van der Waals surface area contributed by atoms with Gasteiger partial charge in [-0.05, 0) is 38.5 Å². The molecular weight excluding hydrogens is 248 g/mol. The second kappa shape index (κ2) is 7.92. The van der Waals surface area contributed by atoms with Crippen molar-refractivity contribution in [2.75, 3.05) is 6.54 Å². The fraction of sp³-hybridized carbons (Fsp3) is 0.500. The first-order valence-electron chi connectivity index (χ1n) is 7.30. The fourth-order valence-corrected chi connectivity index (χ4v) is 2.11. The summed E-state index contributed by atoms with van der Waals surface area (Å²) < 4.78 is 0. The molecule has 0 amide bonds. The molecule has 2 rings (SSSR count). The molecule has 0 bridgehead atoms. The van der Waals surface area contributed by atoms with Crippen LogP contribution in [0.25, 0.3) is 0 Å². The van der Waals surface area contributed by atoms with Gasteiger partial charge in [0.15, 0.2) is 0 Å². The highest BCUT2D eigenvalue weighted by atomic mass is 15.0. The zero-order chi connectivity index (χ0) is 14.2. The number of hydrogen-bond acceptors (Lipinski definition) is 4. The Balaban J connectivity index is 1.67. The van der Waals surface area contributed by atoms with Crippen molar-refractivity contribution in [3.8, 4) is 0 Å². The van der Waals surface area contributed by atoms with E-state index in [-0.39, 0.29) is 0 Å². The first-order valence-corrected chi connectivity index (χ1v) is 7.30. The molecule has 0 radical (unpaired) electrons. The van der Waals surface area contributed by atoms with E-state index in [1.165, 1.54) is 0 Å². The molecule has 0 saturated carbocycles. The third kappa shape index (κ3) is 4.87. The minimum absolute atomic E-state index is 0.380. The number of rotatable bonds is 7. The molecule has 20 heavy (non-hydrogen) atoms. The van der Waals surface area contributed by atoms with Crippen molar-refractivity contribution in [2.24, 2.45) is 4.99 Å². The molecule has 4 nitrogen and oxygen atoms in total. The molecule has 0 aliphatic carbocycles. The van der Waals surface area contributed by atoms with Gasteiger partial charge in [-0.25, -0.2) is 0 Å². The monoisotopic (exact) mass is 272 g/mol. The molecule has 0 fully saturated rings. The lowest BCUT2D eigenvalue weighted by molar-refractivity contribution is 0.395. The van der Waals surface area contributed by atoms with E-state index in [1.807, 2.05) is 36.7 Å². The highest BCUT2D eigenvalue weighted by Gasteiger charge is 2.13. The highest BCUT2D eigenvalue weighted by Crippen LogP contribution is 2.03. The zero-order valence-electron chi connectivity index (χ0n) is 12.3. The Morgan fingerprint density at radius 1 is 1.25 bits per heavy atom. The standard InChI is InChI=1S/C16H24N4/c1-13(19-11-15-7-3-5-9-17-15)14(2)20-12-16-8-4-6-10-18-16/h3-7,9-10,13-14,16,19-20H,8,11-12H2,1-2H3. The number of allylic oxidation sites excluding steroid dienone is 1. The van der Waals surface area contributed by atoms with E-state index >= 15 is 0 Å². The second-order valence-corrected chi connectivity index (χ2v) is 5.30. The third-order valence-electron chi connectivity index (χ3n) is 3.68. The van der Waals surface area contributed by atoms with Crippen molar-refractivity contribution in [1.82, 2.24) is 15.6 Å². The molecule has 108 valence electrons. The summed E-state index contributed by atoms with van der Waals surface area (Å²) in [6, 6.07) is 7.17. The third-order valence-corrected chi connectivity index (χ3v) is 3.68. The van der Waals surface area contributed by atoms with Crippen LogP contribution in [-0.2, 0) is 6.54 Å². The summed E-state index contributed by atoms with van der Waals surface area (Å²) in [7, 11) is 0. The lowest BCUT2D eigenvalue weighted by atomic mass is 10.1. The minimum Gasteiger partial charge on any atom is -0.311 e. The maximum absolute atomic E-state index is 4.45. The topological polar surface area (TPSA) is 49.3 Å². The molecule has 0 spiro atoms. The first-order chi connectivity index (χ1) is 9.75. The van der Waals surface area contributed by atoms with Crippen molar-refractivity contribution < 1.29 is 0 Å². The van der Waals surface area contributed by atoms with Gasteiger partial charge in [0.1, 0.15) is 0 Å². The summed E-state index contributed by atoms with van der Waals surface area (Å²) in [6.45, 7) is 6.14. The lowest BCUT2D eigenvalue weighted by Crippen LogP contribution is -2.46. The van der Waals surface area contributed by atoms with Crippen molar-refractivity contribution in [1.29, 1.82) is 0 Å². The maximum Gasteiger partial charge on any atom is 0.0658 e. The summed E-state index contributed by atoms with van der Waals surface area (Å²) >= 11 is 0. The van der Waals surface area contributed by atoms with Gasteiger partial charge < -0.3 is 10.6 Å². The summed E-state index contributed by atoms with van der Waals surface area (Å²) in [4.78, 5) is 8.77. The Morgan fingerprint density at radius 2 is 2.10 bits per heavy atom. The molecule has 0 saturated heterocycles. The van der Waals surface area contributed by atoms with Crippen LogP contribution in [0.15, 0.2) is 41.5 Å². The van der Waals surface area contributed by atoms with Gasteiger partial charge in [0.25, 0.3) is 0 Å². The van der Waals surface area contributed by atoms with Gasteiger partial charge in [-0.1, -0.05) is 12.1 Å². The van der Waals surface area contributed by atoms with E-state index in [4.69, 9.17) is 0 Å². The van der Waals surface area contributed by atoms with E-state index in [1.54, 1.807) is 0 Å². The lowest BCUT2D eigenvalue weighted by Gasteiger charge is -2.24. The Hall–Kier alpha value is -1.52. The normalized spacial score (nSPS) is 20.8. The molecular formula is C16H24N4. The highest BCUT2D eigenvalue weighted by molar-refractivity contribution is 5.72. The minimum atomic E-state index is 0.380. The average Bonchev–Trinajstić information content (AvgIpc) is 2.52. The molecule has 1 aromatic heterocycles. The van der Waals surface area contributed by atoms with Crippen LogP contribution in [0, 0.1) is 0 Å². The van der Waals surface area contributed by atoms with Crippen LogP contribution < -0.4 is 10.6 Å². The first kappa shape index (κ1) is 14.9. The molecule has 2 heterocycles. The van der Waals surface area contributed by atoms with E-state index in [0.29, 0.717) is 18.1 Å². The SMILES string of the molecule is CC(NCc1ccccn1)C(C)NCC1CC=CC=N1. The molecule has 2 N–H and O–H groups in total. The Kier molecular flexibility index (Phi) is 5.89. The van der Waals surface area contributed by atoms with Gasteiger partial charge in [-0.3, -0.25) is 9.98 Å². The zero-order valence-corrected chi connectivity index (χ0v) is 12.3. The molecule has 3 unspecified atom stereocenters. The van der Waals surface area contributed by atoms with Crippen molar-refractivity contribution in [3.05, 3.63) is 42.2 Å². The van der Waals surface area contributed by atoms with Gasteiger partial charge in [-0.15, -0.1) is 0 Å². The van der Waals surface area contributed by atoms with E-state index in [0.717, 1.165) is 25.2 Å². The van der Waals surface area contributed by atoms with Gasteiger partial charge in [0.05, 0.1) is 11.7 Å². The average molecular weight is 272 g/mol. The van der Waals surface area contributed by atoms with E-state index in [2.05, 4.69) is 40.5 Å². The van der Waals surface area contributed by atoms with Gasteiger partial charge >= 0.3 is 0 Å². The van der Waals surface area contributed by atoms with Crippen LogP contribution in [0.5, 0.6) is 0 Å². The molecule has 1 aromatic rings. The number of aromatic nitrogens is 1. The smallest absolute Gasteiger partial charge is 0.0658 e.